The molecule has 2 aliphatic heterocycles. The highest BCUT2D eigenvalue weighted by atomic mass is 16.5. The van der Waals surface area contributed by atoms with E-state index in [1.807, 2.05) is 9.58 Å². The monoisotopic (exact) mass is 389 g/mol. The number of fused-ring (bicyclic) bond motifs is 5. The van der Waals surface area contributed by atoms with Crippen LogP contribution in [-0.4, -0.2) is 35.8 Å². The summed E-state index contributed by atoms with van der Waals surface area (Å²) in [6.45, 7) is 1.18. The first-order valence-corrected chi connectivity index (χ1v) is 10.0. The van der Waals surface area contributed by atoms with Crippen LogP contribution in [0.1, 0.15) is 41.4 Å². The molecule has 0 N–H and O–H groups in total. The number of ether oxygens (including phenoxy) is 1. The predicted octanol–water partition coefficient (Wildman–Crippen LogP) is 3.29. The average molecular weight is 389 g/mol. The zero-order chi connectivity index (χ0) is 20.0. The summed E-state index contributed by atoms with van der Waals surface area (Å²) < 4.78 is 7.19. The Balaban J connectivity index is 1.73. The van der Waals surface area contributed by atoms with E-state index in [0.717, 1.165) is 19.3 Å². The van der Waals surface area contributed by atoms with Crippen LogP contribution in [-0.2, 0) is 0 Å². The largest absolute Gasteiger partial charge is 0.491 e. The molecule has 1 unspecified atom stereocenters. The van der Waals surface area contributed by atoms with Crippen LogP contribution in [0.25, 0.3) is 10.8 Å². The van der Waals surface area contributed by atoms with E-state index in [1.54, 1.807) is 6.20 Å². The number of aromatic nitrogens is 1. The maximum atomic E-state index is 13.1. The molecule has 3 aromatic rings. The molecule has 3 heterocycles. The van der Waals surface area contributed by atoms with E-state index in [9.17, 15) is 9.59 Å². The van der Waals surface area contributed by atoms with Crippen LogP contribution in [0.3, 0.4) is 0 Å². The van der Waals surface area contributed by atoms with E-state index < -0.39 is 0 Å². The molecule has 29 heavy (non-hydrogen) atoms. The van der Waals surface area contributed by atoms with Gasteiger partial charge >= 0.3 is 0 Å². The number of benzene rings is 2. The van der Waals surface area contributed by atoms with E-state index in [0.29, 0.717) is 18.9 Å². The molecular weight excluding hydrogens is 366 g/mol. The van der Waals surface area contributed by atoms with Crippen LogP contribution in [0.15, 0.2) is 59.5 Å². The minimum Gasteiger partial charge on any atom is -0.491 e. The van der Waals surface area contributed by atoms with Crippen LogP contribution in [0.2, 0.25) is 0 Å². The number of nitrogens with zero attached hydrogens (tertiary/aromatic N) is 3. The fourth-order valence-electron chi connectivity index (χ4n) is 4.64. The summed E-state index contributed by atoms with van der Waals surface area (Å²) in [5, 5.41) is 4.62. The number of rotatable bonds is 2. The summed E-state index contributed by atoms with van der Waals surface area (Å²) in [5.74, 6) is -0.0289. The van der Waals surface area contributed by atoms with Gasteiger partial charge in [0.25, 0.3) is 5.91 Å². The van der Waals surface area contributed by atoms with Crippen molar-refractivity contribution in [2.45, 2.75) is 25.3 Å². The van der Waals surface area contributed by atoms with Crippen molar-refractivity contribution in [2.75, 3.05) is 25.3 Å². The van der Waals surface area contributed by atoms with Crippen molar-refractivity contribution in [1.82, 2.24) is 9.58 Å². The quantitative estimate of drug-likeness (QED) is 0.675. The van der Waals surface area contributed by atoms with E-state index in [-0.39, 0.29) is 23.1 Å². The van der Waals surface area contributed by atoms with Crippen LogP contribution in [0.4, 0.5) is 0 Å². The average Bonchev–Trinajstić information content (AvgIpc) is 2.73. The number of carbonyl (C=O) groups excluding carboxylic acids is 1. The van der Waals surface area contributed by atoms with Crippen LogP contribution in [0.5, 0.6) is 5.75 Å². The standard InChI is InChI=1S/C23H23N3O3/c1-29-22-20(27)12-14-25-21(22)23(28)24-13-5-4-11-19(26(25)15-24)18-10-6-8-16-7-2-3-9-17(16)18/h2-3,6-10,12,14,19H,4-5,11,13,15H2,1H3. The minimum atomic E-state index is -0.271. The molecule has 1 saturated heterocycles. The van der Waals surface area contributed by atoms with Gasteiger partial charge in [0, 0.05) is 18.8 Å². The molecule has 0 saturated carbocycles. The Morgan fingerprint density at radius 2 is 1.83 bits per heavy atom. The lowest BCUT2D eigenvalue weighted by molar-refractivity contribution is 0.0654. The first kappa shape index (κ1) is 17.8. The highest BCUT2D eigenvalue weighted by Crippen LogP contribution is 2.35. The van der Waals surface area contributed by atoms with Gasteiger partial charge in [-0.15, -0.1) is 0 Å². The summed E-state index contributed by atoms with van der Waals surface area (Å²) in [4.78, 5) is 27.3. The third-order valence-electron chi connectivity index (χ3n) is 6.02. The second kappa shape index (κ2) is 6.95. The Labute approximate surface area is 168 Å². The molecule has 6 nitrogen and oxygen atoms in total. The second-order valence-electron chi connectivity index (χ2n) is 7.64. The Morgan fingerprint density at radius 1 is 1.00 bits per heavy atom. The van der Waals surface area contributed by atoms with Gasteiger partial charge in [-0.1, -0.05) is 42.5 Å². The van der Waals surface area contributed by atoms with Gasteiger partial charge in [0.05, 0.1) is 13.2 Å². The van der Waals surface area contributed by atoms with Gasteiger partial charge < -0.3 is 9.64 Å². The van der Waals surface area contributed by atoms with E-state index >= 15 is 0 Å². The second-order valence-corrected chi connectivity index (χ2v) is 7.64. The molecule has 148 valence electrons. The lowest BCUT2D eigenvalue weighted by Crippen LogP contribution is -2.56. The lowest BCUT2D eigenvalue weighted by atomic mass is 9.94. The SMILES string of the molecule is COc1c2n(ccc1=O)N1CN(CCCCC1c1cccc3ccccc13)C2=O. The lowest BCUT2D eigenvalue weighted by Gasteiger charge is -2.45. The fourth-order valence-corrected chi connectivity index (χ4v) is 4.64. The van der Waals surface area contributed by atoms with Gasteiger partial charge in [0.1, 0.15) is 6.67 Å². The molecule has 1 aromatic heterocycles. The molecule has 0 radical (unpaired) electrons. The molecule has 1 fully saturated rings. The van der Waals surface area contributed by atoms with Gasteiger partial charge in [0.2, 0.25) is 5.43 Å². The maximum Gasteiger partial charge on any atom is 0.277 e. The molecule has 0 aliphatic carbocycles. The smallest absolute Gasteiger partial charge is 0.277 e. The molecule has 6 heteroatoms. The third-order valence-corrected chi connectivity index (χ3v) is 6.02. The molecule has 1 amide bonds. The van der Waals surface area contributed by atoms with E-state index in [1.165, 1.54) is 29.5 Å². The van der Waals surface area contributed by atoms with Crippen molar-refractivity contribution in [3.63, 3.8) is 0 Å². The van der Waals surface area contributed by atoms with E-state index in [2.05, 4.69) is 47.5 Å². The first-order chi connectivity index (χ1) is 14.2. The van der Waals surface area contributed by atoms with Gasteiger partial charge in [-0.05, 0) is 35.6 Å². The normalized spacial score (nSPS) is 18.9. The predicted molar refractivity (Wildman–Crippen MR) is 112 cm³/mol. The number of hydrogen-bond donors (Lipinski definition) is 0. The Bertz CT molecular complexity index is 1150. The number of pyridine rings is 1. The summed E-state index contributed by atoms with van der Waals surface area (Å²) >= 11 is 0. The third kappa shape index (κ3) is 2.78. The zero-order valence-electron chi connectivity index (χ0n) is 16.4. The fraction of sp³-hybridized carbons (Fsp3) is 0.304. The molecule has 2 aromatic carbocycles. The molecule has 2 aliphatic rings. The maximum absolute atomic E-state index is 13.1. The van der Waals surface area contributed by atoms with Crippen LogP contribution in [0, 0.1) is 0 Å². The summed E-state index contributed by atoms with van der Waals surface area (Å²) in [5.41, 5.74) is 1.29. The Morgan fingerprint density at radius 3 is 2.69 bits per heavy atom. The molecule has 1 atom stereocenters. The van der Waals surface area contributed by atoms with Crippen molar-refractivity contribution >= 4 is 16.7 Å². The van der Waals surface area contributed by atoms with Crippen molar-refractivity contribution in [3.8, 4) is 5.75 Å². The van der Waals surface area contributed by atoms with Crippen molar-refractivity contribution < 1.29 is 9.53 Å². The van der Waals surface area contributed by atoms with Gasteiger partial charge in [0.15, 0.2) is 11.4 Å². The van der Waals surface area contributed by atoms with E-state index in [4.69, 9.17) is 4.74 Å². The Kier molecular flexibility index (Phi) is 4.27. The van der Waals surface area contributed by atoms with Gasteiger partial charge in [-0.3, -0.25) is 19.3 Å². The van der Waals surface area contributed by atoms with Crippen molar-refractivity contribution in [3.05, 3.63) is 76.2 Å². The number of methoxy groups -OCH3 is 1. The summed E-state index contributed by atoms with van der Waals surface area (Å²) in [6, 6.07) is 16.4. The Hall–Kier alpha value is -3.28. The molecule has 5 rings (SSSR count). The number of amides is 1. The van der Waals surface area contributed by atoms with Gasteiger partial charge in [-0.25, -0.2) is 0 Å². The van der Waals surface area contributed by atoms with Crippen LogP contribution < -0.4 is 15.2 Å². The van der Waals surface area contributed by atoms with Crippen molar-refractivity contribution in [2.24, 2.45) is 0 Å². The summed E-state index contributed by atoms with van der Waals surface area (Å²) in [7, 11) is 1.45. The molecular formula is C23H23N3O3. The number of carbonyl (C=O) groups is 1. The molecule has 2 bridgehead atoms. The highest BCUT2D eigenvalue weighted by Gasteiger charge is 2.37. The molecule has 0 spiro atoms. The van der Waals surface area contributed by atoms with Gasteiger partial charge in [-0.2, -0.15) is 0 Å². The van der Waals surface area contributed by atoms with Crippen LogP contribution >= 0.6 is 0 Å². The summed E-state index contributed by atoms with van der Waals surface area (Å²) in [6.07, 6.45) is 4.65. The first-order valence-electron chi connectivity index (χ1n) is 10.0. The zero-order valence-corrected chi connectivity index (χ0v) is 16.4. The highest BCUT2D eigenvalue weighted by molar-refractivity contribution is 5.96. The number of hydrogen-bond acceptors (Lipinski definition) is 4. The van der Waals surface area contributed by atoms with Crippen molar-refractivity contribution in [1.29, 1.82) is 0 Å². The minimum absolute atomic E-state index is 0.0861. The topological polar surface area (TPSA) is 54.8 Å².